The molecule has 1 N–H and O–H groups in total. The SMILES string of the molecule is O=C(NCc1ccccc1)C(c1ccccc1)N(Cc1ccc(Cl)cc1)C(=O)COc1ccccc1Cl. The van der Waals surface area contributed by atoms with Gasteiger partial charge >= 0.3 is 0 Å². The highest BCUT2D eigenvalue weighted by atomic mass is 35.5. The summed E-state index contributed by atoms with van der Waals surface area (Å²) in [6.07, 6.45) is 0. The molecule has 0 fully saturated rings. The lowest BCUT2D eigenvalue weighted by Crippen LogP contribution is -2.45. The van der Waals surface area contributed by atoms with E-state index in [2.05, 4.69) is 5.32 Å². The molecule has 0 aromatic heterocycles. The predicted molar refractivity (Wildman–Crippen MR) is 146 cm³/mol. The lowest BCUT2D eigenvalue weighted by atomic mass is 10.0. The van der Waals surface area contributed by atoms with Crippen molar-refractivity contribution < 1.29 is 14.3 Å². The zero-order valence-corrected chi connectivity index (χ0v) is 21.5. The quantitative estimate of drug-likeness (QED) is 0.255. The first-order valence-electron chi connectivity index (χ1n) is 11.8. The van der Waals surface area contributed by atoms with Crippen LogP contribution in [0.3, 0.4) is 0 Å². The van der Waals surface area contributed by atoms with E-state index in [1.165, 1.54) is 4.90 Å². The molecule has 188 valence electrons. The van der Waals surface area contributed by atoms with Crippen molar-refractivity contribution in [2.45, 2.75) is 19.1 Å². The largest absolute Gasteiger partial charge is 0.482 e. The van der Waals surface area contributed by atoms with E-state index >= 15 is 0 Å². The Morgan fingerprint density at radius 3 is 2.05 bits per heavy atom. The molecule has 7 heteroatoms. The highest BCUT2D eigenvalue weighted by molar-refractivity contribution is 6.32. The molecular weight excluding hydrogens is 507 g/mol. The second-order valence-electron chi connectivity index (χ2n) is 8.38. The van der Waals surface area contributed by atoms with Gasteiger partial charge in [0.1, 0.15) is 11.8 Å². The first-order valence-corrected chi connectivity index (χ1v) is 12.5. The lowest BCUT2D eigenvalue weighted by Gasteiger charge is -2.31. The van der Waals surface area contributed by atoms with Crippen LogP contribution >= 0.6 is 23.2 Å². The number of para-hydroxylation sites is 1. The van der Waals surface area contributed by atoms with Gasteiger partial charge in [-0.25, -0.2) is 0 Å². The molecule has 0 saturated heterocycles. The Kier molecular flexibility index (Phi) is 9.19. The van der Waals surface area contributed by atoms with Gasteiger partial charge in [-0.15, -0.1) is 0 Å². The van der Waals surface area contributed by atoms with E-state index in [9.17, 15) is 9.59 Å². The van der Waals surface area contributed by atoms with Crippen molar-refractivity contribution in [3.63, 3.8) is 0 Å². The molecule has 0 aliphatic rings. The van der Waals surface area contributed by atoms with Gasteiger partial charge < -0.3 is 15.0 Å². The third-order valence-electron chi connectivity index (χ3n) is 5.76. The molecule has 5 nitrogen and oxygen atoms in total. The van der Waals surface area contributed by atoms with Crippen LogP contribution in [0.25, 0.3) is 0 Å². The molecular formula is C30H26Cl2N2O3. The number of hydrogen-bond acceptors (Lipinski definition) is 3. The van der Waals surface area contributed by atoms with Gasteiger partial charge in [0.25, 0.3) is 5.91 Å². The third-order valence-corrected chi connectivity index (χ3v) is 6.32. The number of hydrogen-bond donors (Lipinski definition) is 1. The van der Waals surface area contributed by atoms with Crippen LogP contribution in [0.5, 0.6) is 5.75 Å². The van der Waals surface area contributed by atoms with E-state index in [-0.39, 0.29) is 25.0 Å². The molecule has 0 heterocycles. The van der Waals surface area contributed by atoms with Gasteiger partial charge in [-0.05, 0) is 41.0 Å². The number of nitrogens with one attached hydrogen (secondary N) is 1. The van der Waals surface area contributed by atoms with Gasteiger partial charge in [0.05, 0.1) is 5.02 Å². The van der Waals surface area contributed by atoms with E-state index in [4.69, 9.17) is 27.9 Å². The van der Waals surface area contributed by atoms with Crippen molar-refractivity contribution in [1.82, 2.24) is 10.2 Å². The second kappa shape index (κ2) is 12.9. The summed E-state index contributed by atoms with van der Waals surface area (Å²) in [7, 11) is 0. The van der Waals surface area contributed by atoms with Crippen LogP contribution in [0.4, 0.5) is 0 Å². The van der Waals surface area contributed by atoms with Crippen molar-refractivity contribution in [2.24, 2.45) is 0 Å². The molecule has 4 rings (SSSR count). The Hall–Kier alpha value is -3.80. The molecule has 1 unspecified atom stereocenters. The van der Waals surface area contributed by atoms with Gasteiger partial charge in [-0.2, -0.15) is 0 Å². The monoisotopic (exact) mass is 532 g/mol. The average Bonchev–Trinajstić information content (AvgIpc) is 2.93. The molecule has 0 bridgehead atoms. The van der Waals surface area contributed by atoms with Crippen molar-refractivity contribution in [1.29, 1.82) is 0 Å². The highest BCUT2D eigenvalue weighted by Gasteiger charge is 2.32. The maximum Gasteiger partial charge on any atom is 0.261 e. The van der Waals surface area contributed by atoms with E-state index < -0.39 is 6.04 Å². The molecule has 0 spiro atoms. The Morgan fingerprint density at radius 2 is 1.38 bits per heavy atom. The fraction of sp³-hybridized carbons (Fsp3) is 0.133. The zero-order valence-electron chi connectivity index (χ0n) is 20.0. The fourth-order valence-electron chi connectivity index (χ4n) is 3.88. The molecule has 0 aliphatic heterocycles. The number of nitrogens with zero attached hydrogens (tertiary/aromatic N) is 1. The van der Waals surface area contributed by atoms with Crippen molar-refractivity contribution in [3.05, 3.63) is 136 Å². The fourth-order valence-corrected chi connectivity index (χ4v) is 4.20. The van der Waals surface area contributed by atoms with Crippen LogP contribution in [0.1, 0.15) is 22.7 Å². The highest BCUT2D eigenvalue weighted by Crippen LogP contribution is 2.27. The number of carbonyl (C=O) groups is 2. The summed E-state index contributed by atoms with van der Waals surface area (Å²) in [6.45, 7) is 0.231. The Balaban J connectivity index is 1.63. The average molecular weight is 533 g/mol. The van der Waals surface area contributed by atoms with Crippen LogP contribution in [0, 0.1) is 0 Å². The number of halogens is 2. The van der Waals surface area contributed by atoms with Gasteiger partial charge in [0.2, 0.25) is 5.91 Å². The zero-order chi connectivity index (χ0) is 26.0. The normalized spacial score (nSPS) is 11.4. The minimum atomic E-state index is -0.886. The number of amides is 2. The Bertz CT molecular complexity index is 1320. The van der Waals surface area contributed by atoms with Crippen LogP contribution in [-0.2, 0) is 22.7 Å². The maximum atomic E-state index is 13.6. The second-order valence-corrected chi connectivity index (χ2v) is 9.23. The Labute approximate surface area is 226 Å². The molecule has 4 aromatic carbocycles. The number of benzene rings is 4. The van der Waals surface area contributed by atoms with Crippen LogP contribution in [-0.4, -0.2) is 23.3 Å². The number of ether oxygens (including phenoxy) is 1. The topological polar surface area (TPSA) is 58.6 Å². The third kappa shape index (κ3) is 7.35. The first kappa shape index (κ1) is 26.3. The standard InChI is InChI=1S/C30H26Cl2N2O3/c31-25-17-15-23(16-18-25)20-34(28(35)21-37-27-14-8-7-13-26(27)32)29(24-11-5-2-6-12-24)30(36)33-19-22-9-3-1-4-10-22/h1-18,29H,19-21H2,(H,33,36). The molecule has 37 heavy (non-hydrogen) atoms. The smallest absolute Gasteiger partial charge is 0.261 e. The van der Waals surface area contributed by atoms with Crippen LogP contribution in [0.2, 0.25) is 10.0 Å². The van der Waals surface area contributed by atoms with Gasteiger partial charge in [0, 0.05) is 18.1 Å². The van der Waals surface area contributed by atoms with Gasteiger partial charge in [0.15, 0.2) is 6.61 Å². The summed E-state index contributed by atoms with van der Waals surface area (Å²) in [5.74, 6) is -0.262. The minimum absolute atomic E-state index is 0.181. The summed E-state index contributed by atoms with van der Waals surface area (Å²) in [5.41, 5.74) is 2.47. The van der Waals surface area contributed by atoms with Crippen molar-refractivity contribution in [2.75, 3.05) is 6.61 Å². The molecule has 2 amide bonds. The summed E-state index contributed by atoms with van der Waals surface area (Å²) in [5, 5.41) is 3.98. The van der Waals surface area contributed by atoms with Crippen molar-refractivity contribution in [3.8, 4) is 5.75 Å². The summed E-state index contributed by atoms with van der Waals surface area (Å²) in [6, 6.07) is 32.1. The van der Waals surface area contributed by atoms with E-state index in [1.54, 1.807) is 36.4 Å². The number of carbonyl (C=O) groups excluding carboxylic acids is 2. The van der Waals surface area contributed by atoms with Crippen LogP contribution in [0.15, 0.2) is 109 Å². The molecule has 1 atom stereocenters. The lowest BCUT2D eigenvalue weighted by molar-refractivity contribution is -0.143. The molecule has 4 aromatic rings. The van der Waals surface area contributed by atoms with E-state index in [0.29, 0.717) is 27.9 Å². The summed E-state index contributed by atoms with van der Waals surface area (Å²) < 4.78 is 5.76. The molecule has 0 aliphatic carbocycles. The Morgan fingerprint density at radius 1 is 0.757 bits per heavy atom. The van der Waals surface area contributed by atoms with E-state index in [1.807, 2.05) is 72.8 Å². The summed E-state index contributed by atoms with van der Waals surface area (Å²) in [4.78, 5) is 28.8. The summed E-state index contributed by atoms with van der Waals surface area (Å²) >= 11 is 12.3. The van der Waals surface area contributed by atoms with Crippen molar-refractivity contribution >= 4 is 35.0 Å². The maximum absolute atomic E-state index is 13.6. The van der Waals surface area contributed by atoms with Gasteiger partial charge in [-0.1, -0.05) is 108 Å². The molecule has 0 radical (unpaired) electrons. The van der Waals surface area contributed by atoms with Crippen LogP contribution < -0.4 is 10.1 Å². The minimum Gasteiger partial charge on any atom is -0.482 e. The molecule has 0 saturated carbocycles. The predicted octanol–water partition coefficient (Wildman–Crippen LogP) is 6.46. The van der Waals surface area contributed by atoms with Gasteiger partial charge in [-0.3, -0.25) is 9.59 Å². The number of rotatable bonds is 10. The van der Waals surface area contributed by atoms with E-state index in [0.717, 1.165) is 11.1 Å². The first-order chi connectivity index (χ1) is 18.0.